The van der Waals surface area contributed by atoms with E-state index in [-0.39, 0.29) is 17.1 Å². The smallest absolute Gasteiger partial charge is 0.326 e. The number of amides is 2. The van der Waals surface area contributed by atoms with E-state index in [0.717, 1.165) is 0 Å². The van der Waals surface area contributed by atoms with Crippen LogP contribution in [-0.2, 0) is 0 Å². The molecule has 0 aromatic heterocycles. The Balaban J connectivity index is 0. The van der Waals surface area contributed by atoms with E-state index in [0.29, 0.717) is 0 Å². The number of nitrogens with two attached hydrogens (primary N) is 2. The van der Waals surface area contributed by atoms with Gasteiger partial charge < -0.3 is 5.73 Å². The van der Waals surface area contributed by atoms with E-state index < -0.39 is 6.03 Å². The summed E-state index contributed by atoms with van der Waals surface area (Å²) in [6.45, 7) is 0. The van der Waals surface area contributed by atoms with E-state index in [2.05, 4.69) is 11.6 Å². The summed E-state index contributed by atoms with van der Waals surface area (Å²) in [6, 6.07) is -0.718. The van der Waals surface area contributed by atoms with Crippen LogP contribution in [-0.4, -0.2) is 23.1 Å². The molecule has 6 heavy (non-hydrogen) atoms. The molecule has 0 aromatic rings. The molecule has 5 heteroatoms. The summed E-state index contributed by atoms with van der Waals surface area (Å²) < 4.78 is 0. The number of urea groups is 1. The van der Waals surface area contributed by atoms with Crippen LogP contribution in [0, 0.1) is 0 Å². The van der Waals surface area contributed by atoms with Gasteiger partial charge in [-0.05, 0) is 0 Å². The molecule has 0 spiro atoms. The van der Waals surface area contributed by atoms with Crippen molar-refractivity contribution in [2.75, 3.05) is 0 Å². The Morgan fingerprint density at radius 3 is 1.83 bits per heavy atom. The third kappa shape index (κ3) is 9.26. The second kappa shape index (κ2) is 4.75. The third-order valence-corrected chi connectivity index (χ3v) is 0.142. The van der Waals surface area contributed by atoms with Gasteiger partial charge in [0.05, 0.1) is 0 Å². The minimum atomic E-state index is -0.718. The van der Waals surface area contributed by atoms with Crippen LogP contribution in [0.4, 0.5) is 4.79 Å². The van der Waals surface area contributed by atoms with Gasteiger partial charge in [-0.2, -0.15) is 0 Å². The molecule has 2 radical (unpaired) electrons. The maximum absolute atomic E-state index is 9.35. The number of nitrogens with one attached hydrogen (secondary N) is 1. The first kappa shape index (κ1) is 9.23. The monoisotopic (exact) mass is 155 g/mol. The summed E-state index contributed by atoms with van der Waals surface area (Å²) >= 11 is 0. The van der Waals surface area contributed by atoms with Gasteiger partial charge in [0.15, 0.2) is 0 Å². The Kier molecular flexibility index (Phi) is 7.30. The first-order valence-corrected chi connectivity index (χ1v) is 1.03. The summed E-state index contributed by atoms with van der Waals surface area (Å²) in [7, 11) is 0. The van der Waals surface area contributed by atoms with Crippen molar-refractivity contribution in [2.24, 2.45) is 11.6 Å². The van der Waals surface area contributed by atoms with Crippen LogP contribution in [0.1, 0.15) is 0 Å². The van der Waals surface area contributed by atoms with Crippen molar-refractivity contribution >= 4 is 23.1 Å². The largest absolute Gasteiger partial charge is 0.351 e. The molecule has 0 aromatic carbocycles. The van der Waals surface area contributed by atoms with E-state index in [1.807, 2.05) is 0 Å². The topological polar surface area (TPSA) is 81.1 Å². The first-order valence-electron chi connectivity index (χ1n) is 1.03. The summed E-state index contributed by atoms with van der Waals surface area (Å²) in [6.07, 6.45) is 0. The van der Waals surface area contributed by atoms with Crippen molar-refractivity contribution in [3.8, 4) is 0 Å². The molecule has 0 aliphatic heterocycles. The second-order valence-corrected chi connectivity index (χ2v) is 0.509. The number of carbonyl (C=O) groups excluding carboxylic acids is 1. The number of hydrogen-bond donors (Lipinski definition) is 3. The summed E-state index contributed by atoms with van der Waals surface area (Å²) in [5.41, 5.74) is 6.08. The first-order chi connectivity index (χ1) is 2.27. The van der Waals surface area contributed by atoms with Gasteiger partial charge in [0, 0.05) is 17.1 Å². The molecule has 0 saturated carbocycles. The van der Waals surface area contributed by atoms with Crippen molar-refractivity contribution in [1.29, 1.82) is 0 Å². The molecule has 0 unspecified atom stereocenters. The zero-order valence-electron chi connectivity index (χ0n) is 2.97. The molecule has 0 atom stereocenters. The predicted molar refractivity (Wildman–Crippen MR) is 22.7 cm³/mol. The van der Waals surface area contributed by atoms with Crippen LogP contribution in [0.3, 0.4) is 0 Å². The Bertz CT molecular complexity index is 46.1. The number of primary amides is 1. The van der Waals surface area contributed by atoms with E-state index in [9.17, 15) is 4.79 Å². The van der Waals surface area contributed by atoms with E-state index in [1.54, 1.807) is 5.43 Å². The van der Waals surface area contributed by atoms with Gasteiger partial charge in [-0.15, -0.1) is 0 Å². The second-order valence-electron chi connectivity index (χ2n) is 0.509. The van der Waals surface area contributed by atoms with Crippen LogP contribution >= 0.6 is 0 Å². The van der Waals surface area contributed by atoms with E-state index in [4.69, 9.17) is 0 Å². The molecule has 0 aliphatic rings. The zero-order chi connectivity index (χ0) is 4.28. The van der Waals surface area contributed by atoms with Crippen LogP contribution in [0.15, 0.2) is 0 Å². The summed E-state index contributed by atoms with van der Waals surface area (Å²) in [5.74, 6) is 4.45. The van der Waals surface area contributed by atoms with Gasteiger partial charge in [-0.3, -0.25) is 5.43 Å². The fraction of sp³-hybridized carbons (Fsp3) is 0. The van der Waals surface area contributed by atoms with Crippen LogP contribution in [0.25, 0.3) is 0 Å². The van der Waals surface area contributed by atoms with Gasteiger partial charge in [-0.1, -0.05) is 0 Å². The van der Waals surface area contributed by atoms with Crippen LogP contribution < -0.4 is 17.0 Å². The van der Waals surface area contributed by atoms with Crippen molar-refractivity contribution in [3.63, 3.8) is 0 Å². The minimum Gasteiger partial charge on any atom is -0.351 e. The molecule has 0 saturated heterocycles. The Morgan fingerprint density at radius 2 is 1.83 bits per heavy atom. The Morgan fingerprint density at radius 1 is 1.67 bits per heavy atom. The van der Waals surface area contributed by atoms with Gasteiger partial charge in [0.25, 0.3) is 0 Å². The Labute approximate surface area is 45.7 Å². The van der Waals surface area contributed by atoms with E-state index in [1.165, 1.54) is 0 Å². The normalized spacial score (nSPS) is 5.50. The molecular formula is CH5N3OSe. The Hall–Kier alpha value is -0.251. The zero-order valence-corrected chi connectivity index (χ0v) is 4.68. The molecule has 4 nitrogen and oxygen atoms in total. The van der Waals surface area contributed by atoms with Gasteiger partial charge in [0.2, 0.25) is 0 Å². The molecule has 0 heterocycles. The summed E-state index contributed by atoms with van der Waals surface area (Å²) in [4.78, 5) is 9.35. The van der Waals surface area contributed by atoms with E-state index >= 15 is 0 Å². The standard InChI is InChI=1S/CH5N3O.Se/c2-1(5)4-3;/h3H2,(H3,2,4,5);. The molecule has 0 fully saturated rings. The SMILES string of the molecule is NNC(N)=O.[Se]. The minimum absolute atomic E-state index is 0. The maximum Gasteiger partial charge on any atom is 0.326 e. The number of hydrazine groups is 1. The quantitative estimate of drug-likeness (QED) is 0.165. The number of carbonyl (C=O) groups is 1. The van der Waals surface area contributed by atoms with Crippen molar-refractivity contribution in [3.05, 3.63) is 0 Å². The molecule has 0 aliphatic carbocycles. The third-order valence-electron chi connectivity index (χ3n) is 0.142. The predicted octanol–water partition coefficient (Wildman–Crippen LogP) is -1.85. The molecule has 36 valence electrons. The van der Waals surface area contributed by atoms with Crippen molar-refractivity contribution in [2.45, 2.75) is 0 Å². The molecular weight excluding hydrogens is 149 g/mol. The average molecular weight is 154 g/mol. The van der Waals surface area contributed by atoms with Crippen LogP contribution in [0.5, 0.6) is 0 Å². The van der Waals surface area contributed by atoms with Gasteiger partial charge in [0.1, 0.15) is 0 Å². The number of hydrogen-bond acceptors (Lipinski definition) is 2. The van der Waals surface area contributed by atoms with Crippen molar-refractivity contribution < 1.29 is 4.79 Å². The fourth-order valence-corrected chi connectivity index (χ4v) is 0. The number of rotatable bonds is 0. The van der Waals surface area contributed by atoms with Crippen molar-refractivity contribution in [1.82, 2.24) is 5.43 Å². The van der Waals surface area contributed by atoms with Gasteiger partial charge >= 0.3 is 6.03 Å². The fourth-order valence-electron chi connectivity index (χ4n) is 0. The molecule has 0 rings (SSSR count). The van der Waals surface area contributed by atoms with Gasteiger partial charge in [-0.25, -0.2) is 10.6 Å². The van der Waals surface area contributed by atoms with Crippen LogP contribution in [0.2, 0.25) is 0 Å². The molecule has 5 N–H and O–H groups in total. The average Bonchev–Trinajstić information content (AvgIpc) is 1.38. The summed E-state index contributed by atoms with van der Waals surface area (Å²) in [5, 5.41) is 0. The molecule has 2 amide bonds. The molecule has 0 bridgehead atoms. The maximum atomic E-state index is 9.35.